The Labute approximate surface area is 108 Å². The van der Waals surface area contributed by atoms with E-state index >= 15 is 0 Å². The van der Waals surface area contributed by atoms with Crippen molar-refractivity contribution < 1.29 is 22.7 Å². The highest BCUT2D eigenvalue weighted by molar-refractivity contribution is 5.67. The van der Waals surface area contributed by atoms with Gasteiger partial charge in [-0.25, -0.2) is 4.79 Å². The van der Waals surface area contributed by atoms with Gasteiger partial charge in [-0.1, -0.05) is 30.3 Å². The molecule has 3 N–H and O–H groups in total. The van der Waals surface area contributed by atoms with Crippen LogP contribution in [0, 0.1) is 0 Å². The number of amides is 1. The van der Waals surface area contributed by atoms with E-state index in [1.165, 1.54) is 0 Å². The number of alkyl halides is 3. The molecule has 0 heterocycles. The summed E-state index contributed by atoms with van der Waals surface area (Å²) in [6, 6.07) is 7.64. The van der Waals surface area contributed by atoms with E-state index in [9.17, 15) is 18.0 Å². The van der Waals surface area contributed by atoms with Gasteiger partial charge < -0.3 is 15.8 Å². The molecule has 0 bridgehead atoms. The zero-order valence-corrected chi connectivity index (χ0v) is 10.1. The lowest BCUT2D eigenvalue weighted by atomic mass is 10.2. The van der Waals surface area contributed by atoms with Gasteiger partial charge in [-0.15, -0.1) is 0 Å². The summed E-state index contributed by atoms with van der Waals surface area (Å²) in [7, 11) is 0. The third kappa shape index (κ3) is 6.66. The van der Waals surface area contributed by atoms with Crippen LogP contribution >= 0.6 is 0 Å². The van der Waals surface area contributed by atoms with Gasteiger partial charge >= 0.3 is 12.3 Å². The van der Waals surface area contributed by atoms with Crippen molar-refractivity contribution in [3.8, 4) is 0 Å². The third-order valence-electron chi connectivity index (χ3n) is 2.30. The normalized spacial score (nSPS) is 12.8. The smallest absolute Gasteiger partial charge is 0.407 e. The van der Waals surface area contributed by atoms with Gasteiger partial charge in [0.1, 0.15) is 6.61 Å². The molecular formula is C12H15F3N2O2. The summed E-state index contributed by atoms with van der Waals surface area (Å²) >= 11 is 0. The van der Waals surface area contributed by atoms with Crippen LogP contribution in [0.25, 0.3) is 0 Å². The molecule has 1 aromatic rings. The minimum absolute atomic E-state index is 0.00399. The van der Waals surface area contributed by atoms with Crippen molar-refractivity contribution in [2.24, 2.45) is 5.73 Å². The molecule has 0 saturated heterocycles. The number of carbonyl (C=O) groups excluding carboxylic acids is 1. The molecule has 1 atom stereocenters. The number of alkyl carbamates (subject to hydrolysis) is 1. The van der Waals surface area contributed by atoms with E-state index in [1.54, 1.807) is 30.3 Å². The van der Waals surface area contributed by atoms with Crippen molar-refractivity contribution >= 4 is 6.09 Å². The van der Waals surface area contributed by atoms with Crippen LogP contribution in [0.4, 0.5) is 18.0 Å². The molecular weight excluding hydrogens is 261 g/mol. The highest BCUT2D eigenvalue weighted by Gasteiger charge is 2.32. The molecule has 7 heteroatoms. The maximum Gasteiger partial charge on any atom is 0.407 e. The second kappa shape index (κ2) is 6.98. The predicted octanol–water partition coefficient (Wildman–Crippen LogP) is 2.19. The summed E-state index contributed by atoms with van der Waals surface area (Å²) in [4.78, 5) is 11.3. The molecule has 0 saturated carbocycles. The molecule has 0 aliphatic heterocycles. The van der Waals surface area contributed by atoms with Gasteiger partial charge in [0.2, 0.25) is 0 Å². The SMILES string of the molecule is NCC(CC(F)(F)F)NC(=O)OCc1ccccc1. The van der Waals surface area contributed by atoms with Gasteiger partial charge in [-0.2, -0.15) is 13.2 Å². The monoisotopic (exact) mass is 276 g/mol. The molecule has 1 rings (SSSR count). The van der Waals surface area contributed by atoms with Crippen molar-refractivity contribution in [3.63, 3.8) is 0 Å². The summed E-state index contributed by atoms with van der Waals surface area (Å²) in [5.74, 6) is 0. The van der Waals surface area contributed by atoms with E-state index in [0.29, 0.717) is 0 Å². The number of nitrogens with one attached hydrogen (secondary N) is 1. The molecule has 1 unspecified atom stereocenters. The van der Waals surface area contributed by atoms with E-state index in [2.05, 4.69) is 5.32 Å². The van der Waals surface area contributed by atoms with Crippen LogP contribution in [-0.4, -0.2) is 24.9 Å². The molecule has 0 aliphatic carbocycles. The van der Waals surface area contributed by atoms with Crippen LogP contribution in [0.1, 0.15) is 12.0 Å². The molecule has 0 radical (unpaired) electrons. The first-order valence-corrected chi connectivity index (χ1v) is 5.65. The molecule has 1 aromatic carbocycles. The number of halogens is 3. The zero-order chi connectivity index (χ0) is 14.3. The van der Waals surface area contributed by atoms with Crippen LogP contribution in [0.5, 0.6) is 0 Å². The van der Waals surface area contributed by atoms with Crippen molar-refractivity contribution in [2.45, 2.75) is 25.2 Å². The van der Waals surface area contributed by atoms with E-state index in [4.69, 9.17) is 10.5 Å². The van der Waals surface area contributed by atoms with Crippen LogP contribution < -0.4 is 11.1 Å². The van der Waals surface area contributed by atoms with Gasteiger partial charge in [0.15, 0.2) is 0 Å². The third-order valence-corrected chi connectivity index (χ3v) is 2.30. The van der Waals surface area contributed by atoms with E-state index in [-0.39, 0.29) is 13.2 Å². The lowest BCUT2D eigenvalue weighted by Gasteiger charge is -2.18. The first kappa shape index (κ1) is 15.3. The number of carbonyl (C=O) groups is 1. The highest BCUT2D eigenvalue weighted by atomic mass is 19.4. The number of nitrogens with two attached hydrogens (primary N) is 1. The van der Waals surface area contributed by atoms with E-state index < -0.39 is 24.7 Å². The molecule has 106 valence electrons. The van der Waals surface area contributed by atoms with Crippen molar-refractivity contribution in [1.29, 1.82) is 0 Å². The molecule has 19 heavy (non-hydrogen) atoms. The lowest BCUT2D eigenvalue weighted by molar-refractivity contribution is -0.139. The Morgan fingerprint density at radius 1 is 1.32 bits per heavy atom. The first-order chi connectivity index (χ1) is 8.90. The van der Waals surface area contributed by atoms with Crippen molar-refractivity contribution in [3.05, 3.63) is 35.9 Å². The highest BCUT2D eigenvalue weighted by Crippen LogP contribution is 2.21. The molecule has 0 spiro atoms. The number of hydrogen-bond acceptors (Lipinski definition) is 3. The summed E-state index contributed by atoms with van der Waals surface area (Å²) in [5, 5.41) is 2.09. The minimum Gasteiger partial charge on any atom is -0.445 e. The van der Waals surface area contributed by atoms with E-state index in [0.717, 1.165) is 5.56 Å². The fraction of sp³-hybridized carbons (Fsp3) is 0.417. The Kier molecular flexibility index (Phi) is 5.62. The fourth-order valence-corrected chi connectivity index (χ4v) is 1.40. The Balaban J connectivity index is 2.37. The Hall–Kier alpha value is -1.76. The Morgan fingerprint density at radius 3 is 2.47 bits per heavy atom. The fourth-order valence-electron chi connectivity index (χ4n) is 1.40. The average Bonchev–Trinajstić information content (AvgIpc) is 2.35. The predicted molar refractivity (Wildman–Crippen MR) is 63.3 cm³/mol. The first-order valence-electron chi connectivity index (χ1n) is 5.65. The van der Waals surface area contributed by atoms with Crippen LogP contribution in [0.2, 0.25) is 0 Å². The standard InChI is InChI=1S/C12H15F3N2O2/c13-12(14,15)6-10(7-16)17-11(18)19-8-9-4-2-1-3-5-9/h1-5,10H,6-8,16H2,(H,17,18). The minimum atomic E-state index is -4.38. The van der Waals surface area contributed by atoms with Gasteiger partial charge in [-0.3, -0.25) is 0 Å². The van der Waals surface area contributed by atoms with Crippen molar-refractivity contribution in [1.82, 2.24) is 5.32 Å². The number of hydrogen-bond donors (Lipinski definition) is 2. The lowest BCUT2D eigenvalue weighted by Crippen LogP contribution is -2.43. The molecule has 1 amide bonds. The summed E-state index contributed by atoms with van der Waals surface area (Å²) in [6.45, 7) is -0.310. The zero-order valence-electron chi connectivity index (χ0n) is 10.1. The maximum absolute atomic E-state index is 12.1. The summed E-state index contributed by atoms with van der Waals surface area (Å²) in [5.41, 5.74) is 5.91. The largest absolute Gasteiger partial charge is 0.445 e. The number of ether oxygens (including phenoxy) is 1. The average molecular weight is 276 g/mol. The number of rotatable bonds is 5. The topological polar surface area (TPSA) is 64.3 Å². The molecule has 0 aliphatic rings. The second-order valence-corrected chi connectivity index (χ2v) is 3.96. The van der Waals surface area contributed by atoms with Gasteiger partial charge in [0, 0.05) is 6.54 Å². The van der Waals surface area contributed by atoms with Crippen LogP contribution in [-0.2, 0) is 11.3 Å². The van der Waals surface area contributed by atoms with Gasteiger partial charge in [0.05, 0.1) is 12.5 Å². The Morgan fingerprint density at radius 2 is 1.95 bits per heavy atom. The molecule has 4 nitrogen and oxygen atoms in total. The summed E-state index contributed by atoms with van der Waals surface area (Å²) < 4.78 is 41.2. The Bertz CT molecular complexity index is 396. The number of benzene rings is 1. The molecule has 0 aromatic heterocycles. The quantitative estimate of drug-likeness (QED) is 0.866. The van der Waals surface area contributed by atoms with Crippen LogP contribution in [0.15, 0.2) is 30.3 Å². The van der Waals surface area contributed by atoms with Crippen LogP contribution in [0.3, 0.4) is 0 Å². The summed E-state index contributed by atoms with van der Waals surface area (Å²) in [6.07, 6.45) is -6.47. The second-order valence-electron chi connectivity index (χ2n) is 3.96. The van der Waals surface area contributed by atoms with Crippen molar-refractivity contribution in [2.75, 3.05) is 6.54 Å². The van der Waals surface area contributed by atoms with Gasteiger partial charge in [0.25, 0.3) is 0 Å². The van der Waals surface area contributed by atoms with E-state index in [1.807, 2.05) is 0 Å². The molecule has 0 fully saturated rings. The van der Waals surface area contributed by atoms with Gasteiger partial charge in [-0.05, 0) is 5.56 Å². The maximum atomic E-state index is 12.1.